The van der Waals surface area contributed by atoms with Crippen LogP contribution in [0.25, 0.3) is 0 Å². The van der Waals surface area contributed by atoms with Gasteiger partial charge in [-0.05, 0) is 82.5 Å². The SMILES string of the molecule is CC(=O)N(O)CCCCCN=C([O-])CCC(=O)N(O)CCCCCN=C([O-])CCC(=O)N(O)CCCCCN.[Zn+2]. The fraction of sp³-hybridized carbons (Fsp3) is 0.800. The molecule has 0 aliphatic carbocycles. The molecule has 0 aliphatic heterocycles. The van der Waals surface area contributed by atoms with Crippen LogP contribution in [0.15, 0.2) is 9.98 Å². The maximum absolute atomic E-state index is 12.0. The number of hydrogen-bond acceptors (Lipinski definition) is 11. The quantitative estimate of drug-likeness (QED) is 0.0305. The number of nitrogens with zero attached hydrogens (tertiary/aromatic N) is 5. The van der Waals surface area contributed by atoms with Crippen molar-refractivity contribution in [2.24, 2.45) is 15.7 Å². The minimum Gasteiger partial charge on any atom is -0.862 e. The summed E-state index contributed by atoms with van der Waals surface area (Å²) in [6, 6.07) is 0. The van der Waals surface area contributed by atoms with E-state index < -0.39 is 29.5 Å². The number of aliphatic imine (C=N–C) groups is 2. The minimum absolute atomic E-state index is 0. The number of hydrogen-bond donors (Lipinski definition) is 4. The Morgan fingerprint density at radius 1 is 0.625 bits per heavy atom. The van der Waals surface area contributed by atoms with E-state index in [0.717, 1.165) is 12.8 Å². The van der Waals surface area contributed by atoms with Crippen molar-refractivity contribution >= 4 is 29.5 Å². The second-order valence-corrected chi connectivity index (χ2v) is 9.20. The second kappa shape index (κ2) is 25.8. The van der Waals surface area contributed by atoms with Gasteiger partial charge in [0.05, 0.1) is 0 Å². The molecule has 0 aromatic rings. The standard InChI is InChI=1S/C25H48N6O8.Zn/c1-21(32)29(37)18-9-3-6-16-27-22(33)12-14-25(36)31(39)20-10-4-7-17-28-23(34)11-13-24(35)30(38)19-8-2-5-15-26;/h37-39H,2-20,26H2,1H3,(H,27,33)(H,28,34);/q;+2/p-2. The monoisotopic (exact) mass is 622 g/mol. The molecule has 5 N–H and O–H groups in total. The zero-order valence-corrected chi connectivity index (χ0v) is 26.8. The van der Waals surface area contributed by atoms with Crippen molar-refractivity contribution < 1.29 is 59.7 Å². The van der Waals surface area contributed by atoms with E-state index in [1.54, 1.807) is 0 Å². The molecule has 0 fully saturated rings. The Kier molecular flexibility index (Phi) is 25.7. The van der Waals surface area contributed by atoms with Crippen molar-refractivity contribution in [3.05, 3.63) is 0 Å². The van der Waals surface area contributed by atoms with E-state index in [2.05, 4.69) is 9.98 Å². The summed E-state index contributed by atoms with van der Waals surface area (Å²) >= 11 is 0. The van der Waals surface area contributed by atoms with Gasteiger partial charge >= 0.3 is 19.5 Å². The number of unbranched alkanes of at least 4 members (excludes halogenated alkanes) is 6. The molecule has 0 aromatic heterocycles. The van der Waals surface area contributed by atoms with Crippen LogP contribution in [-0.2, 0) is 33.9 Å². The van der Waals surface area contributed by atoms with Gasteiger partial charge in [0.25, 0.3) is 0 Å². The Balaban J connectivity index is 0. The normalized spacial score (nSPS) is 11.6. The Labute approximate surface area is 249 Å². The van der Waals surface area contributed by atoms with Crippen molar-refractivity contribution in [3.8, 4) is 0 Å². The molecule has 0 rings (SSSR count). The van der Waals surface area contributed by atoms with Crippen LogP contribution in [0.3, 0.4) is 0 Å². The first-order valence-corrected chi connectivity index (χ1v) is 13.6. The third kappa shape index (κ3) is 22.6. The smallest absolute Gasteiger partial charge is 0.862 e. The first kappa shape index (κ1) is 40.0. The molecule has 0 atom stereocenters. The molecule has 0 unspecified atom stereocenters. The Hall–Kier alpha value is -2.19. The van der Waals surface area contributed by atoms with Crippen LogP contribution in [0.1, 0.15) is 90.4 Å². The molecule has 14 nitrogen and oxygen atoms in total. The van der Waals surface area contributed by atoms with E-state index in [4.69, 9.17) is 5.73 Å². The number of nitrogens with two attached hydrogens (primary N) is 1. The van der Waals surface area contributed by atoms with Crippen LogP contribution in [-0.4, -0.2) is 99.6 Å². The predicted molar refractivity (Wildman–Crippen MR) is 140 cm³/mol. The molecule has 15 heteroatoms. The number of rotatable bonds is 23. The minimum atomic E-state index is -0.576. The molecule has 0 saturated heterocycles. The van der Waals surface area contributed by atoms with Gasteiger partial charge in [-0.25, -0.2) is 15.2 Å². The molecule has 0 spiro atoms. The van der Waals surface area contributed by atoms with Crippen molar-refractivity contribution in [2.45, 2.75) is 90.4 Å². The van der Waals surface area contributed by atoms with Gasteiger partial charge in [0, 0.05) is 52.5 Å². The molecule has 0 heterocycles. The zero-order chi connectivity index (χ0) is 29.5. The fourth-order valence-electron chi connectivity index (χ4n) is 3.34. The summed E-state index contributed by atoms with van der Waals surface area (Å²) in [6.07, 6.45) is 5.38. The van der Waals surface area contributed by atoms with Gasteiger partial charge < -0.3 is 25.9 Å². The van der Waals surface area contributed by atoms with Gasteiger partial charge in [0.1, 0.15) is 0 Å². The van der Waals surface area contributed by atoms with Gasteiger partial charge in [-0.15, -0.1) is 0 Å². The topological polar surface area (TPSA) is 218 Å². The number of amides is 3. The van der Waals surface area contributed by atoms with Crippen LogP contribution in [0.5, 0.6) is 0 Å². The van der Waals surface area contributed by atoms with Crippen LogP contribution in [0.2, 0.25) is 0 Å². The Morgan fingerprint density at radius 3 is 1.38 bits per heavy atom. The third-order valence-electron chi connectivity index (χ3n) is 5.75. The third-order valence-corrected chi connectivity index (χ3v) is 5.75. The summed E-state index contributed by atoms with van der Waals surface area (Å²) in [5, 5.41) is 54.2. The van der Waals surface area contributed by atoms with E-state index in [0.29, 0.717) is 73.2 Å². The van der Waals surface area contributed by atoms with E-state index in [-0.39, 0.29) is 71.3 Å². The molecule has 0 bridgehead atoms. The van der Waals surface area contributed by atoms with E-state index >= 15 is 0 Å². The maximum Gasteiger partial charge on any atom is 2.00 e. The van der Waals surface area contributed by atoms with Crippen molar-refractivity contribution in [1.29, 1.82) is 0 Å². The molecular weight excluding hydrogens is 578 g/mol. The Morgan fingerprint density at radius 2 is 1.00 bits per heavy atom. The van der Waals surface area contributed by atoms with Crippen LogP contribution in [0, 0.1) is 0 Å². The van der Waals surface area contributed by atoms with Gasteiger partial charge in [-0.2, -0.15) is 0 Å². The van der Waals surface area contributed by atoms with Gasteiger partial charge in [-0.3, -0.25) is 30.0 Å². The van der Waals surface area contributed by atoms with Crippen LogP contribution in [0.4, 0.5) is 0 Å². The molecule has 0 saturated carbocycles. The van der Waals surface area contributed by atoms with E-state index in [1.807, 2.05) is 0 Å². The fourth-order valence-corrected chi connectivity index (χ4v) is 3.34. The van der Waals surface area contributed by atoms with E-state index in [1.165, 1.54) is 6.92 Å². The van der Waals surface area contributed by atoms with Gasteiger partial charge in [0.15, 0.2) is 0 Å². The number of carbonyl (C=O) groups is 3. The molecule has 3 amide bonds. The maximum atomic E-state index is 12.0. The second-order valence-electron chi connectivity index (χ2n) is 9.20. The summed E-state index contributed by atoms with van der Waals surface area (Å²) in [7, 11) is 0. The summed E-state index contributed by atoms with van der Waals surface area (Å²) in [4.78, 5) is 42.4. The molecule has 0 radical (unpaired) electrons. The molecular formula is C25H46N6O8Zn. The molecule has 0 aromatic carbocycles. The van der Waals surface area contributed by atoms with Crippen molar-refractivity contribution in [3.63, 3.8) is 0 Å². The van der Waals surface area contributed by atoms with E-state index in [9.17, 15) is 40.2 Å². The first-order chi connectivity index (χ1) is 18.6. The number of hydroxylamine groups is 6. The Bertz CT molecular complexity index is 772. The van der Waals surface area contributed by atoms with Gasteiger partial charge in [0.2, 0.25) is 17.7 Å². The molecule has 226 valence electrons. The molecule has 40 heavy (non-hydrogen) atoms. The van der Waals surface area contributed by atoms with Crippen LogP contribution < -0.4 is 15.9 Å². The van der Waals surface area contributed by atoms with Crippen molar-refractivity contribution in [1.82, 2.24) is 15.2 Å². The molecule has 0 aliphatic rings. The van der Waals surface area contributed by atoms with Crippen molar-refractivity contribution in [2.75, 3.05) is 39.3 Å². The largest absolute Gasteiger partial charge is 2.00 e. The summed E-state index contributed by atoms with van der Waals surface area (Å²) < 4.78 is 0. The summed E-state index contributed by atoms with van der Waals surface area (Å²) in [5.41, 5.74) is 5.39. The van der Waals surface area contributed by atoms with Gasteiger partial charge in [-0.1, -0.05) is 6.42 Å². The first-order valence-electron chi connectivity index (χ1n) is 13.6. The zero-order valence-electron chi connectivity index (χ0n) is 23.8. The summed E-state index contributed by atoms with van der Waals surface area (Å²) in [6.45, 7) is 2.90. The average molecular weight is 624 g/mol. The number of carbonyl (C=O) groups excluding carboxylic acids is 3. The summed E-state index contributed by atoms with van der Waals surface area (Å²) in [5.74, 6) is -2.37. The average Bonchev–Trinajstić information content (AvgIpc) is 2.91. The van der Waals surface area contributed by atoms with Crippen LogP contribution >= 0.6 is 0 Å². The predicted octanol–water partition coefficient (Wildman–Crippen LogP) is 0.205.